The van der Waals surface area contributed by atoms with Gasteiger partial charge in [-0.05, 0) is 58.8 Å². The van der Waals surface area contributed by atoms with Crippen LogP contribution in [0.25, 0.3) is 0 Å². The van der Waals surface area contributed by atoms with Gasteiger partial charge in [0, 0.05) is 14.7 Å². The number of carbonyl (C=O) groups is 2. The van der Waals surface area contributed by atoms with E-state index in [2.05, 4.69) is 22.6 Å². The van der Waals surface area contributed by atoms with Crippen molar-refractivity contribution in [3.8, 4) is 0 Å². The molecule has 0 atom stereocenters. The zero-order valence-electron chi connectivity index (χ0n) is 6.80. The molecule has 0 aliphatic carbocycles. The average Bonchev–Trinajstić information content (AvgIpc) is 2.09. The fraction of sp³-hybridized carbons (Fsp3) is 0.111. The predicted molar refractivity (Wildman–Crippen MR) is 59.5 cm³/mol. The molecule has 4 heteroatoms. The molecule has 0 saturated heterocycles. The number of hydrogen-bond acceptors (Lipinski definition) is 2. The highest BCUT2D eigenvalue weighted by molar-refractivity contribution is 14.1. The van der Waals surface area contributed by atoms with E-state index in [1.165, 1.54) is 6.07 Å². The summed E-state index contributed by atoms with van der Waals surface area (Å²) in [6, 6.07) is 3.21. The molecule has 1 rings (SSSR count). The van der Waals surface area contributed by atoms with Crippen LogP contribution in [0.1, 0.15) is 26.3 Å². The number of aldehydes is 1. The third-order valence-corrected chi connectivity index (χ3v) is 3.04. The van der Waals surface area contributed by atoms with Crippen molar-refractivity contribution in [2.75, 3.05) is 0 Å². The Morgan fingerprint density at radius 3 is 2.62 bits per heavy atom. The number of carbonyl (C=O) groups excluding carboxylic acids is 2. The number of halogens is 2. The Labute approximate surface area is 94.4 Å². The topological polar surface area (TPSA) is 34.1 Å². The first kappa shape index (κ1) is 10.7. The van der Waals surface area contributed by atoms with Crippen LogP contribution < -0.4 is 0 Å². The summed E-state index contributed by atoms with van der Waals surface area (Å²) in [5, 5.41) is -0.529. The van der Waals surface area contributed by atoms with Gasteiger partial charge < -0.3 is 0 Å². The van der Waals surface area contributed by atoms with Gasteiger partial charge in [0.25, 0.3) is 5.24 Å². The highest BCUT2D eigenvalue weighted by Crippen LogP contribution is 2.19. The van der Waals surface area contributed by atoms with Gasteiger partial charge in [0.15, 0.2) is 0 Å². The fourth-order valence-corrected chi connectivity index (χ4v) is 1.82. The number of rotatable bonds is 2. The Hall–Kier alpha value is -0.420. The molecule has 0 spiro atoms. The fourth-order valence-electron chi connectivity index (χ4n) is 0.972. The van der Waals surface area contributed by atoms with E-state index in [9.17, 15) is 9.59 Å². The van der Waals surface area contributed by atoms with Crippen molar-refractivity contribution in [2.45, 2.75) is 6.92 Å². The van der Waals surface area contributed by atoms with Crippen LogP contribution in [0.15, 0.2) is 12.1 Å². The van der Waals surface area contributed by atoms with E-state index in [0.717, 1.165) is 9.13 Å². The van der Waals surface area contributed by atoms with E-state index in [1.54, 1.807) is 13.0 Å². The van der Waals surface area contributed by atoms with Crippen LogP contribution in [-0.2, 0) is 0 Å². The standard InChI is InChI=1S/C9H6ClIO2/c1-5-7(9(10)13)2-6(4-12)3-8(5)11/h2-4H,1H3. The smallest absolute Gasteiger partial charge is 0.252 e. The van der Waals surface area contributed by atoms with Gasteiger partial charge in [-0.3, -0.25) is 9.59 Å². The van der Waals surface area contributed by atoms with Crippen LogP contribution in [0, 0.1) is 10.5 Å². The summed E-state index contributed by atoms with van der Waals surface area (Å²) in [6.45, 7) is 1.80. The zero-order chi connectivity index (χ0) is 10.0. The summed E-state index contributed by atoms with van der Waals surface area (Å²) in [7, 11) is 0. The van der Waals surface area contributed by atoms with Gasteiger partial charge in [0.1, 0.15) is 6.29 Å². The van der Waals surface area contributed by atoms with Crippen LogP contribution in [-0.4, -0.2) is 11.5 Å². The first-order valence-electron chi connectivity index (χ1n) is 3.51. The molecule has 0 aliphatic heterocycles. The normalized spacial score (nSPS) is 9.77. The summed E-state index contributed by atoms with van der Waals surface area (Å²) in [5.41, 5.74) is 1.68. The minimum Gasteiger partial charge on any atom is -0.298 e. The molecule has 0 unspecified atom stereocenters. The van der Waals surface area contributed by atoms with Gasteiger partial charge in [-0.25, -0.2) is 0 Å². The molecular formula is C9H6ClIO2. The lowest BCUT2D eigenvalue weighted by atomic mass is 10.1. The van der Waals surface area contributed by atoms with Gasteiger partial charge >= 0.3 is 0 Å². The van der Waals surface area contributed by atoms with Crippen molar-refractivity contribution in [3.63, 3.8) is 0 Å². The summed E-state index contributed by atoms with van der Waals surface area (Å²) >= 11 is 7.41. The Kier molecular flexibility index (Phi) is 3.44. The molecule has 2 nitrogen and oxygen atoms in total. The van der Waals surface area contributed by atoms with Gasteiger partial charge in [-0.15, -0.1) is 0 Å². The van der Waals surface area contributed by atoms with E-state index in [0.29, 0.717) is 17.4 Å². The lowest BCUT2D eigenvalue weighted by Gasteiger charge is -2.03. The monoisotopic (exact) mass is 308 g/mol. The summed E-state index contributed by atoms with van der Waals surface area (Å²) in [6.07, 6.45) is 0.699. The Morgan fingerprint density at radius 2 is 2.15 bits per heavy atom. The van der Waals surface area contributed by atoms with E-state index >= 15 is 0 Å². The largest absolute Gasteiger partial charge is 0.298 e. The third kappa shape index (κ3) is 2.28. The second-order valence-corrected chi connectivity index (χ2v) is 4.07. The highest BCUT2D eigenvalue weighted by atomic mass is 127. The molecule has 0 aromatic heterocycles. The molecule has 0 aliphatic rings. The Bertz CT molecular complexity index is 374. The van der Waals surface area contributed by atoms with Crippen molar-refractivity contribution in [1.82, 2.24) is 0 Å². The first-order chi connectivity index (χ1) is 6.06. The molecule has 68 valence electrons. The molecule has 13 heavy (non-hydrogen) atoms. The van der Waals surface area contributed by atoms with Crippen LogP contribution in [0.3, 0.4) is 0 Å². The maximum atomic E-state index is 10.9. The van der Waals surface area contributed by atoms with E-state index in [4.69, 9.17) is 11.6 Å². The molecule has 0 N–H and O–H groups in total. The van der Waals surface area contributed by atoms with Crippen molar-refractivity contribution < 1.29 is 9.59 Å². The molecule has 0 heterocycles. The highest BCUT2D eigenvalue weighted by Gasteiger charge is 2.10. The van der Waals surface area contributed by atoms with Gasteiger partial charge in [-0.2, -0.15) is 0 Å². The molecule has 0 bridgehead atoms. The van der Waals surface area contributed by atoms with Gasteiger partial charge in [0.2, 0.25) is 0 Å². The Balaban J connectivity index is 3.41. The van der Waals surface area contributed by atoms with Crippen molar-refractivity contribution in [2.24, 2.45) is 0 Å². The van der Waals surface area contributed by atoms with E-state index < -0.39 is 5.24 Å². The van der Waals surface area contributed by atoms with E-state index in [-0.39, 0.29) is 0 Å². The maximum absolute atomic E-state index is 10.9. The summed E-state index contributed by atoms with van der Waals surface area (Å²) in [4.78, 5) is 21.4. The maximum Gasteiger partial charge on any atom is 0.252 e. The lowest BCUT2D eigenvalue weighted by Crippen LogP contribution is -1.98. The second-order valence-electron chi connectivity index (χ2n) is 2.57. The van der Waals surface area contributed by atoms with Gasteiger partial charge in [0.05, 0.1) is 0 Å². The summed E-state index contributed by atoms with van der Waals surface area (Å²) in [5.74, 6) is 0. The third-order valence-electron chi connectivity index (χ3n) is 1.71. The minimum absolute atomic E-state index is 0.399. The quantitative estimate of drug-likeness (QED) is 0.478. The van der Waals surface area contributed by atoms with Crippen LogP contribution in [0.5, 0.6) is 0 Å². The SMILES string of the molecule is Cc1c(I)cc(C=O)cc1C(=O)Cl. The Morgan fingerprint density at radius 1 is 1.54 bits per heavy atom. The lowest BCUT2D eigenvalue weighted by molar-refractivity contribution is 0.108. The molecule has 0 saturated carbocycles. The molecule has 0 radical (unpaired) electrons. The summed E-state index contributed by atoms with van der Waals surface area (Å²) < 4.78 is 0.867. The number of benzene rings is 1. The molecule has 0 amide bonds. The number of hydrogen-bond donors (Lipinski definition) is 0. The van der Waals surface area contributed by atoms with Gasteiger partial charge in [-0.1, -0.05) is 0 Å². The average molecular weight is 309 g/mol. The predicted octanol–water partition coefficient (Wildman–Crippen LogP) is 2.79. The van der Waals surface area contributed by atoms with E-state index in [1.807, 2.05) is 0 Å². The molecule has 1 aromatic rings. The van der Waals surface area contributed by atoms with Crippen LogP contribution >= 0.6 is 34.2 Å². The second kappa shape index (κ2) is 4.19. The van der Waals surface area contributed by atoms with Crippen LogP contribution in [0.2, 0.25) is 0 Å². The molecular weight excluding hydrogens is 302 g/mol. The van der Waals surface area contributed by atoms with Crippen molar-refractivity contribution >= 4 is 45.7 Å². The molecule has 0 fully saturated rings. The van der Waals surface area contributed by atoms with Crippen molar-refractivity contribution in [3.05, 3.63) is 32.4 Å². The first-order valence-corrected chi connectivity index (χ1v) is 4.97. The zero-order valence-corrected chi connectivity index (χ0v) is 9.72. The van der Waals surface area contributed by atoms with Crippen molar-refractivity contribution in [1.29, 1.82) is 0 Å². The molecule has 1 aromatic carbocycles. The minimum atomic E-state index is -0.529. The van der Waals surface area contributed by atoms with Crippen LogP contribution in [0.4, 0.5) is 0 Å².